The first-order valence-corrected chi connectivity index (χ1v) is 6.14. The highest BCUT2D eigenvalue weighted by Gasteiger charge is 2.09. The Hall–Kier alpha value is -1.59. The molecule has 0 fully saturated rings. The Morgan fingerprint density at radius 1 is 1.33 bits per heavy atom. The van der Waals surface area contributed by atoms with Crippen molar-refractivity contribution in [2.24, 2.45) is 0 Å². The molecule has 18 heavy (non-hydrogen) atoms. The number of anilines is 1. The minimum absolute atomic E-state index is 0.0622. The van der Waals surface area contributed by atoms with Crippen LogP contribution in [0.1, 0.15) is 10.4 Å². The van der Waals surface area contributed by atoms with Crippen LogP contribution in [-0.2, 0) is 0 Å². The number of rotatable bonds is 2. The average Bonchev–Trinajstić information content (AvgIpc) is 2.34. The van der Waals surface area contributed by atoms with Gasteiger partial charge in [-0.15, -0.1) is 0 Å². The first-order valence-electron chi connectivity index (χ1n) is 4.96. The largest absolute Gasteiger partial charge is 0.506 e. The monoisotopic (exact) mass is 326 g/mol. The zero-order valence-corrected chi connectivity index (χ0v) is 11.4. The Balaban J connectivity index is 2.24. The van der Waals surface area contributed by atoms with Gasteiger partial charge in [0.1, 0.15) is 5.75 Å². The SMILES string of the molecule is O=C(Nc1cc(Cl)ccc1Br)c1cncc(O)c1. The number of carbonyl (C=O) groups is 1. The van der Waals surface area contributed by atoms with Crippen molar-refractivity contribution in [2.45, 2.75) is 0 Å². The van der Waals surface area contributed by atoms with Gasteiger partial charge in [-0.1, -0.05) is 11.6 Å². The van der Waals surface area contributed by atoms with Crippen molar-refractivity contribution in [3.63, 3.8) is 0 Å². The molecule has 0 unspecified atom stereocenters. The van der Waals surface area contributed by atoms with Crippen LogP contribution < -0.4 is 5.32 Å². The summed E-state index contributed by atoms with van der Waals surface area (Å²) >= 11 is 9.15. The zero-order chi connectivity index (χ0) is 13.1. The number of aromatic nitrogens is 1. The van der Waals surface area contributed by atoms with Crippen LogP contribution in [0, 0.1) is 0 Å². The summed E-state index contributed by atoms with van der Waals surface area (Å²) in [7, 11) is 0. The summed E-state index contributed by atoms with van der Waals surface area (Å²) in [6.45, 7) is 0. The Morgan fingerprint density at radius 2 is 2.11 bits per heavy atom. The molecular weight excluding hydrogens is 320 g/mol. The average molecular weight is 328 g/mol. The van der Waals surface area contributed by atoms with Crippen LogP contribution in [0.25, 0.3) is 0 Å². The molecule has 1 heterocycles. The summed E-state index contributed by atoms with van der Waals surface area (Å²) in [4.78, 5) is 15.6. The van der Waals surface area contributed by atoms with Gasteiger partial charge in [0.05, 0.1) is 17.4 Å². The number of nitrogens with zero attached hydrogens (tertiary/aromatic N) is 1. The standard InChI is InChI=1S/C12H8BrClN2O2/c13-10-2-1-8(14)4-11(10)16-12(18)7-3-9(17)6-15-5-7/h1-6,17H,(H,16,18). The Bertz CT molecular complexity index is 604. The number of amides is 1. The fraction of sp³-hybridized carbons (Fsp3) is 0. The van der Waals surface area contributed by atoms with E-state index < -0.39 is 0 Å². The van der Waals surface area contributed by atoms with Crippen LogP contribution in [0.2, 0.25) is 5.02 Å². The van der Waals surface area contributed by atoms with Crippen molar-refractivity contribution in [3.05, 3.63) is 51.7 Å². The molecule has 0 atom stereocenters. The van der Waals surface area contributed by atoms with Gasteiger partial charge in [-0.2, -0.15) is 0 Å². The Labute approximate surface area is 117 Å². The van der Waals surface area contributed by atoms with Crippen LogP contribution in [0.15, 0.2) is 41.1 Å². The third-order valence-corrected chi connectivity index (χ3v) is 3.09. The molecule has 6 heteroatoms. The highest BCUT2D eigenvalue weighted by atomic mass is 79.9. The molecule has 4 nitrogen and oxygen atoms in total. The molecule has 92 valence electrons. The van der Waals surface area contributed by atoms with Gasteiger partial charge in [-0.05, 0) is 40.2 Å². The molecule has 0 bridgehead atoms. The maximum absolute atomic E-state index is 11.9. The van der Waals surface area contributed by atoms with Gasteiger partial charge < -0.3 is 10.4 Å². The third-order valence-electron chi connectivity index (χ3n) is 2.16. The number of pyridine rings is 1. The molecule has 0 radical (unpaired) electrons. The van der Waals surface area contributed by atoms with Crippen LogP contribution in [-0.4, -0.2) is 16.0 Å². The third kappa shape index (κ3) is 3.00. The van der Waals surface area contributed by atoms with Crippen molar-refractivity contribution < 1.29 is 9.90 Å². The van der Waals surface area contributed by atoms with Crippen molar-refractivity contribution in [3.8, 4) is 5.75 Å². The molecule has 0 saturated carbocycles. The van der Waals surface area contributed by atoms with Crippen LogP contribution in [0.5, 0.6) is 5.75 Å². The fourth-order valence-electron chi connectivity index (χ4n) is 1.34. The molecule has 0 aliphatic rings. The first-order chi connectivity index (χ1) is 8.56. The molecule has 0 saturated heterocycles. The van der Waals surface area contributed by atoms with E-state index in [0.29, 0.717) is 15.2 Å². The summed E-state index contributed by atoms with van der Waals surface area (Å²) in [5, 5.41) is 12.4. The summed E-state index contributed by atoms with van der Waals surface area (Å²) < 4.78 is 0.716. The van der Waals surface area contributed by atoms with Gasteiger partial charge in [-0.3, -0.25) is 9.78 Å². The lowest BCUT2D eigenvalue weighted by atomic mass is 10.2. The molecule has 0 spiro atoms. The van der Waals surface area contributed by atoms with Gasteiger partial charge in [0.15, 0.2) is 0 Å². The summed E-state index contributed by atoms with van der Waals surface area (Å²) in [5.74, 6) is -0.436. The van der Waals surface area contributed by atoms with E-state index in [1.807, 2.05) is 0 Å². The number of benzene rings is 1. The van der Waals surface area contributed by atoms with Crippen LogP contribution >= 0.6 is 27.5 Å². The number of halogens is 2. The summed E-state index contributed by atoms with van der Waals surface area (Å²) in [6, 6.07) is 6.40. The first kappa shape index (κ1) is 12.9. The molecule has 0 aliphatic heterocycles. The summed E-state index contributed by atoms with van der Waals surface area (Å²) in [6.07, 6.45) is 2.62. The zero-order valence-electron chi connectivity index (χ0n) is 9.02. The smallest absolute Gasteiger partial charge is 0.257 e. The van der Waals surface area contributed by atoms with Gasteiger partial charge in [0, 0.05) is 15.7 Å². The molecule has 2 rings (SSSR count). The molecular formula is C12H8BrClN2O2. The predicted octanol–water partition coefficient (Wildman–Crippen LogP) is 3.46. The van der Waals surface area contributed by atoms with Crippen molar-refractivity contribution in [2.75, 3.05) is 5.32 Å². The van der Waals surface area contributed by atoms with Gasteiger partial charge >= 0.3 is 0 Å². The number of hydrogen-bond acceptors (Lipinski definition) is 3. The van der Waals surface area contributed by atoms with Crippen LogP contribution in [0.3, 0.4) is 0 Å². The predicted molar refractivity (Wildman–Crippen MR) is 73.0 cm³/mol. The highest BCUT2D eigenvalue weighted by molar-refractivity contribution is 9.10. The van der Waals surface area contributed by atoms with E-state index in [1.165, 1.54) is 18.5 Å². The van der Waals surface area contributed by atoms with E-state index in [4.69, 9.17) is 11.6 Å². The lowest BCUT2D eigenvalue weighted by Gasteiger charge is -2.07. The summed E-state index contributed by atoms with van der Waals surface area (Å²) in [5.41, 5.74) is 0.817. The van der Waals surface area contributed by atoms with E-state index >= 15 is 0 Å². The molecule has 1 aromatic carbocycles. The minimum atomic E-state index is -0.374. The second kappa shape index (κ2) is 5.37. The lowest BCUT2D eigenvalue weighted by Crippen LogP contribution is -2.12. The molecule has 2 aromatic rings. The highest BCUT2D eigenvalue weighted by Crippen LogP contribution is 2.26. The van der Waals surface area contributed by atoms with E-state index in [2.05, 4.69) is 26.2 Å². The van der Waals surface area contributed by atoms with Gasteiger partial charge in [0.25, 0.3) is 5.91 Å². The van der Waals surface area contributed by atoms with Crippen molar-refractivity contribution >= 4 is 39.1 Å². The molecule has 1 aromatic heterocycles. The van der Waals surface area contributed by atoms with E-state index in [0.717, 1.165) is 0 Å². The fourth-order valence-corrected chi connectivity index (χ4v) is 1.86. The lowest BCUT2D eigenvalue weighted by molar-refractivity contribution is 0.102. The van der Waals surface area contributed by atoms with E-state index in [9.17, 15) is 9.90 Å². The maximum Gasteiger partial charge on any atom is 0.257 e. The van der Waals surface area contributed by atoms with Crippen molar-refractivity contribution in [1.82, 2.24) is 4.98 Å². The molecule has 0 aliphatic carbocycles. The maximum atomic E-state index is 11.9. The van der Waals surface area contributed by atoms with E-state index in [-0.39, 0.29) is 17.2 Å². The van der Waals surface area contributed by atoms with Crippen LogP contribution in [0.4, 0.5) is 5.69 Å². The number of aromatic hydroxyl groups is 1. The van der Waals surface area contributed by atoms with E-state index in [1.54, 1.807) is 18.2 Å². The minimum Gasteiger partial charge on any atom is -0.506 e. The quantitative estimate of drug-likeness (QED) is 0.888. The Kier molecular flexibility index (Phi) is 3.84. The number of carbonyl (C=O) groups excluding carboxylic acids is 1. The second-order valence-corrected chi connectivity index (χ2v) is 4.80. The van der Waals surface area contributed by atoms with Gasteiger partial charge in [-0.25, -0.2) is 0 Å². The number of hydrogen-bond donors (Lipinski definition) is 2. The Morgan fingerprint density at radius 3 is 2.83 bits per heavy atom. The molecule has 1 amide bonds. The second-order valence-electron chi connectivity index (χ2n) is 3.51. The molecule has 2 N–H and O–H groups in total. The van der Waals surface area contributed by atoms with Crippen molar-refractivity contribution in [1.29, 1.82) is 0 Å². The topological polar surface area (TPSA) is 62.2 Å². The van der Waals surface area contributed by atoms with Gasteiger partial charge in [0.2, 0.25) is 0 Å². The normalized spacial score (nSPS) is 10.1. The number of nitrogens with one attached hydrogen (secondary N) is 1.